The Balaban J connectivity index is 1.15. The number of carbonyl (C=O) groups is 2. The monoisotopic (exact) mass is 398 g/mol. The Morgan fingerprint density at radius 1 is 1.18 bits per heavy atom. The highest BCUT2D eigenvalue weighted by Crippen LogP contribution is 2.69. The van der Waals surface area contributed by atoms with Crippen LogP contribution in [-0.4, -0.2) is 34.9 Å². The molecule has 4 fully saturated rings. The number of ketones is 1. The maximum atomic E-state index is 12.6. The van der Waals surface area contributed by atoms with Gasteiger partial charge < -0.3 is 10.1 Å². The maximum absolute atomic E-state index is 12.6. The number of Topliss-reactive ketones (excluding diaryl/α,β-unsaturated/α-hetero) is 1. The molecule has 6 heteroatoms. The van der Waals surface area contributed by atoms with Crippen molar-refractivity contribution in [3.05, 3.63) is 41.0 Å². The summed E-state index contributed by atoms with van der Waals surface area (Å²) in [5.41, 5.74) is 1.10. The molecular weight excluding hydrogens is 376 g/mol. The molecule has 5 nitrogen and oxygen atoms in total. The predicted octanol–water partition coefficient (Wildman–Crippen LogP) is 4.07. The topological polar surface area (TPSA) is 68.3 Å². The summed E-state index contributed by atoms with van der Waals surface area (Å²) in [5, 5.41) is 4.71. The molecule has 4 saturated carbocycles. The van der Waals surface area contributed by atoms with Crippen molar-refractivity contribution in [1.82, 2.24) is 10.3 Å². The van der Waals surface area contributed by atoms with Crippen molar-refractivity contribution in [2.24, 2.45) is 5.41 Å². The van der Waals surface area contributed by atoms with Crippen LogP contribution in [0, 0.1) is 5.41 Å². The van der Waals surface area contributed by atoms with Gasteiger partial charge in [0.2, 0.25) is 0 Å². The van der Waals surface area contributed by atoms with Gasteiger partial charge in [0.15, 0.2) is 5.78 Å². The Morgan fingerprint density at radius 2 is 1.96 bits per heavy atom. The fourth-order valence-corrected chi connectivity index (χ4v) is 5.24. The standard InChI is InChI=1S/C22H23ClN2O3/c23-15-5-7-18-14(8-15)4-6-19(24-18)20(27)25-22-11-21(12-22,13-22)9-16(26)10-28-17-2-1-3-17/h4-8,17H,1-3,9-13H2,(H,25,27). The molecule has 1 N–H and O–H groups in total. The number of hydrogen-bond donors (Lipinski definition) is 1. The van der Waals surface area contributed by atoms with Crippen molar-refractivity contribution >= 4 is 34.2 Å². The van der Waals surface area contributed by atoms with Gasteiger partial charge in [-0.25, -0.2) is 4.98 Å². The van der Waals surface area contributed by atoms with E-state index in [1.54, 1.807) is 12.1 Å². The SMILES string of the molecule is O=C(COC1CCC1)CC12CC(NC(=O)c3ccc4cc(Cl)ccc4n3)(C1)C2. The van der Waals surface area contributed by atoms with E-state index in [2.05, 4.69) is 10.3 Å². The van der Waals surface area contributed by atoms with Gasteiger partial charge in [0.25, 0.3) is 5.91 Å². The van der Waals surface area contributed by atoms with Gasteiger partial charge in [-0.1, -0.05) is 17.7 Å². The van der Waals surface area contributed by atoms with Gasteiger partial charge in [-0.05, 0) is 68.2 Å². The second kappa shape index (κ2) is 6.53. The van der Waals surface area contributed by atoms with Gasteiger partial charge in [0.05, 0.1) is 11.6 Å². The molecule has 4 aliphatic carbocycles. The van der Waals surface area contributed by atoms with Crippen LogP contribution >= 0.6 is 11.6 Å². The van der Waals surface area contributed by atoms with Gasteiger partial charge in [0, 0.05) is 22.4 Å². The normalized spacial score (nSPS) is 28.2. The van der Waals surface area contributed by atoms with Crippen LogP contribution in [0.1, 0.15) is 55.4 Å². The third-order valence-corrected chi connectivity index (χ3v) is 6.74. The summed E-state index contributed by atoms with van der Waals surface area (Å²) in [6.07, 6.45) is 6.90. The molecule has 0 radical (unpaired) electrons. The van der Waals surface area contributed by atoms with E-state index in [-0.39, 0.29) is 29.3 Å². The molecule has 0 unspecified atom stereocenters. The Morgan fingerprint density at radius 3 is 2.68 bits per heavy atom. The zero-order valence-electron chi connectivity index (χ0n) is 15.7. The molecule has 146 valence electrons. The number of ether oxygens (including phenoxy) is 1. The number of nitrogens with zero attached hydrogens (tertiary/aromatic N) is 1. The van der Waals surface area contributed by atoms with Crippen LogP contribution in [0.5, 0.6) is 0 Å². The molecule has 1 aromatic carbocycles. The lowest BCUT2D eigenvalue weighted by Crippen LogP contribution is -2.75. The molecular formula is C22H23ClN2O3. The quantitative estimate of drug-likeness (QED) is 0.763. The number of carbonyl (C=O) groups excluding carboxylic acids is 2. The minimum Gasteiger partial charge on any atom is -0.370 e. The van der Waals surface area contributed by atoms with Crippen LogP contribution in [0.15, 0.2) is 30.3 Å². The Hall–Kier alpha value is -1.98. The molecule has 2 bridgehead atoms. The number of nitrogens with one attached hydrogen (secondary N) is 1. The summed E-state index contributed by atoms with van der Waals surface area (Å²) in [5.74, 6) is 0.0474. The predicted molar refractivity (Wildman–Crippen MR) is 106 cm³/mol. The summed E-state index contributed by atoms with van der Waals surface area (Å²) < 4.78 is 5.63. The highest BCUT2D eigenvalue weighted by molar-refractivity contribution is 6.31. The van der Waals surface area contributed by atoms with Crippen LogP contribution in [0.2, 0.25) is 5.02 Å². The molecule has 4 aliphatic rings. The summed E-state index contributed by atoms with van der Waals surface area (Å²) in [6, 6.07) is 9.03. The van der Waals surface area contributed by atoms with Gasteiger partial charge in [-0.3, -0.25) is 9.59 Å². The summed E-state index contributed by atoms with van der Waals surface area (Å²) in [4.78, 5) is 29.3. The highest BCUT2D eigenvalue weighted by atomic mass is 35.5. The molecule has 1 heterocycles. The van der Waals surface area contributed by atoms with E-state index in [0.29, 0.717) is 23.2 Å². The van der Waals surface area contributed by atoms with Gasteiger partial charge in [-0.2, -0.15) is 0 Å². The van der Waals surface area contributed by atoms with Crippen molar-refractivity contribution in [1.29, 1.82) is 0 Å². The number of benzene rings is 1. The third-order valence-electron chi connectivity index (χ3n) is 6.51. The number of halogens is 1. The number of rotatable bonds is 7. The first-order valence-electron chi connectivity index (χ1n) is 9.97. The van der Waals surface area contributed by atoms with E-state index in [9.17, 15) is 9.59 Å². The first-order chi connectivity index (χ1) is 13.4. The molecule has 0 atom stereocenters. The molecule has 1 aromatic heterocycles. The first-order valence-corrected chi connectivity index (χ1v) is 10.3. The average Bonchev–Trinajstić information content (AvgIpc) is 2.56. The van der Waals surface area contributed by atoms with Crippen LogP contribution in [0.3, 0.4) is 0 Å². The van der Waals surface area contributed by atoms with Gasteiger partial charge >= 0.3 is 0 Å². The van der Waals surface area contributed by atoms with Crippen molar-refractivity contribution < 1.29 is 14.3 Å². The van der Waals surface area contributed by atoms with Crippen molar-refractivity contribution in [3.63, 3.8) is 0 Å². The Kier molecular flexibility index (Phi) is 4.21. The molecule has 0 aliphatic heterocycles. The van der Waals surface area contributed by atoms with Crippen LogP contribution in [-0.2, 0) is 9.53 Å². The lowest BCUT2D eigenvalue weighted by atomic mass is 9.38. The zero-order valence-corrected chi connectivity index (χ0v) is 16.4. The largest absolute Gasteiger partial charge is 0.370 e. The molecule has 2 aromatic rings. The van der Waals surface area contributed by atoms with E-state index >= 15 is 0 Å². The minimum atomic E-state index is -0.150. The zero-order chi connectivity index (χ0) is 19.4. The van der Waals surface area contributed by atoms with E-state index < -0.39 is 0 Å². The molecule has 1 amide bonds. The van der Waals surface area contributed by atoms with E-state index in [0.717, 1.165) is 43.0 Å². The average molecular weight is 399 g/mol. The number of aromatic nitrogens is 1. The first kappa shape index (κ1) is 18.1. The number of pyridine rings is 1. The summed E-state index contributed by atoms with van der Waals surface area (Å²) in [7, 11) is 0. The molecule has 0 saturated heterocycles. The van der Waals surface area contributed by atoms with Crippen molar-refractivity contribution in [3.8, 4) is 0 Å². The lowest BCUT2D eigenvalue weighted by Gasteiger charge is -2.70. The molecule has 28 heavy (non-hydrogen) atoms. The second-order valence-electron chi connectivity index (χ2n) is 8.88. The third kappa shape index (κ3) is 3.20. The number of amides is 1. The van der Waals surface area contributed by atoms with E-state index in [1.165, 1.54) is 6.42 Å². The number of fused-ring (bicyclic) bond motifs is 1. The fourth-order valence-electron chi connectivity index (χ4n) is 5.06. The van der Waals surface area contributed by atoms with Crippen molar-refractivity contribution in [2.45, 2.75) is 56.6 Å². The van der Waals surface area contributed by atoms with Crippen molar-refractivity contribution in [2.75, 3.05) is 6.61 Å². The van der Waals surface area contributed by atoms with E-state index in [4.69, 9.17) is 16.3 Å². The van der Waals surface area contributed by atoms with Gasteiger partial charge in [0.1, 0.15) is 12.3 Å². The Labute approximate surface area is 168 Å². The van der Waals surface area contributed by atoms with Gasteiger partial charge in [-0.15, -0.1) is 0 Å². The fraction of sp³-hybridized carbons (Fsp3) is 0.500. The second-order valence-corrected chi connectivity index (χ2v) is 9.31. The van der Waals surface area contributed by atoms with E-state index in [1.807, 2.05) is 18.2 Å². The lowest BCUT2D eigenvalue weighted by molar-refractivity contribution is -0.165. The maximum Gasteiger partial charge on any atom is 0.270 e. The van der Waals surface area contributed by atoms with Crippen LogP contribution < -0.4 is 5.32 Å². The smallest absolute Gasteiger partial charge is 0.270 e. The summed E-state index contributed by atoms with van der Waals surface area (Å²) in [6.45, 7) is 0.247. The number of hydrogen-bond acceptors (Lipinski definition) is 4. The van der Waals surface area contributed by atoms with Crippen LogP contribution in [0.25, 0.3) is 10.9 Å². The molecule has 0 spiro atoms. The Bertz CT molecular complexity index is 950. The highest BCUT2D eigenvalue weighted by Gasteiger charge is 2.68. The minimum absolute atomic E-state index is 0.0842. The molecule has 6 rings (SSSR count). The summed E-state index contributed by atoms with van der Waals surface area (Å²) >= 11 is 6.00. The van der Waals surface area contributed by atoms with Crippen LogP contribution in [0.4, 0.5) is 0 Å².